The predicted octanol–water partition coefficient (Wildman–Crippen LogP) is 2.10. The second kappa shape index (κ2) is 5.29. The van der Waals surface area contributed by atoms with Crippen molar-refractivity contribution in [3.8, 4) is 0 Å². The molecule has 0 aliphatic rings. The third-order valence-corrected chi connectivity index (χ3v) is 1.88. The van der Waals surface area contributed by atoms with Crippen LogP contribution in [0.1, 0.15) is 13.3 Å². The van der Waals surface area contributed by atoms with Crippen LogP contribution in [0.4, 0.5) is 30.7 Å². The third kappa shape index (κ3) is 3.47. The fourth-order valence-electron chi connectivity index (χ4n) is 0.944. The standard InChI is InChI=1S/C8H10F7NO2/c1-2-18-5(17)4(16)3-6(9,10)7(11,12)8(13,14)15/h4H,2-3,16H2,1H3. The second-order valence-corrected chi connectivity index (χ2v) is 3.34. The third-order valence-electron chi connectivity index (χ3n) is 1.88. The molecule has 0 aromatic carbocycles. The fraction of sp³-hybridized carbons (Fsp3) is 0.875. The number of alkyl halides is 7. The van der Waals surface area contributed by atoms with E-state index in [0.29, 0.717) is 0 Å². The van der Waals surface area contributed by atoms with Crippen molar-refractivity contribution in [1.82, 2.24) is 0 Å². The van der Waals surface area contributed by atoms with Crippen LogP contribution >= 0.6 is 0 Å². The first-order chi connectivity index (χ1) is 7.87. The van der Waals surface area contributed by atoms with Crippen LogP contribution in [0, 0.1) is 0 Å². The average molecular weight is 285 g/mol. The molecule has 0 radical (unpaired) electrons. The molecule has 0 aliphatic heterocycles. The Morgan fingerprint density at radius 2 is 1.61 bits per heavy atom. The molecule has 0 spiro atoms. The zero-order chi connectivity index (χ0) is 14.8. The largest absolute Gasteiger partial charge is 0.465 e. The predicted molar refractivity (Wildman–Crippen MR) is 45.2 cm³/mol. The molecule has 0 heterocycles. The first-order valence-corrected chi connectivity index (χ1v) is 4.61. The minimum absolute atomic E-state index is 0.270. The summed E-state index contributed by atoms with van der Waals surface area (Å²) in [6, 6.07) is -2.27. The number of halogens is 7. The summed E-state index contributed by atoms with van der Waals surface area (Å²) in [6.45, 7) is 1.01. The van der Waals surface area contributed by atoms with Gasteiger partial charge >= 0.3 is 24.0 Å². The average Bonchev–Trinajstić information content (AvgIpc) is 2.15. The van der Waals surface area contributed by atoms with Crippen molar-refractivity contribution in [1.29, 1.82) is 0 Å². The number of carbonyl (C=O) groups excluding carboxylic acids is 1. The summed E-state index contributed by atoms with van der Waals surface area (Å²) in [5, 5.41) is 0. The molecule has 18 heavy (non-hydrogen) atoms. The van der Waals surface area contributed by atoms with E-state index in [1.165, 1.54) is 6.92 Å². The summed E-state index contributed by atoms with van der Waals surface area (Å²) < 4.78 is 89.8. The normalized spacial score (nSPS) is 15.4. The van der Waals surface area contributed by atoms with Crippen molar-refractivity contribution in [2.45, 2.75) is 37.4 Å². The van der Waals surface area contributed by atoms with Crippen LogP contribution in [0.5, 0.6) is 0 Å². The molecule has 0 aliphatic carbocycles. The van der Waals surface area contributed by atoms with E-state index in [1.807, 2.05) is 0 Å². The lowest BCUT2D eigenvalue weighted by Crippen LogP contribution is -2.55. The van der Waals surface area contributed by atoms with Gasteiger partial charge in [-0.05, 0) is 6.92 Å². The van der Waals surface area contributed by atoms with Crippen molar-refractivity contribution in [2.24, 2.45) is 5.73 Å². The maximum Gasteiger partial charge on any atom is 0.459 e. The Labute approximate surface area is 97.1 Å². The summed E-state index contributed by atoms with van der Waals surface area (Å²) in [6.07, 6.45) is -8.61. The summed E-state index contributed by atoms with van der Waals surface area (Å²) in [5.41, 5.74) is 4.77. The number of rotatable bonds is 5. The van der Waals surface area contributed by atoms with Crippen LogP contribution in [0.25, 0.3) is 0 Å². The Hall–Kier alpha value is -1.06. The zero-order valence-corrected chi connectivity index (χ0v) is 9.03. The second-order valence-electron chi connectivity index (χ2n) is 3.34. The molecule has 0 rings (SSSR count). The van der Waals surface area contributed by atoms with Gasteiger partial charge in [0.05, 0.1) is 6.61 Å². The van der Waals surface area contributed by atoms with Gasteiger partial charge in [0.2, 0.25) is 0 Å². The number of esters is 1. The van der Waals surface area contributed by atoms with E-state index < -0.39 is 36.5 Å². The molecule has 2 N–H and O–H groups in total. The molecule has 0 fully saturated rings. The van der Waals surface area contributed by atoms with E-state index in [1.54, 1.807) is 0 Å². The Bertz CT molecular complexity index is 302. The lowest BCUT2D eigenvalue weighted by molar-refractivity contribution is -0.356. The van der Waals surface area contributed by atoms with Gasteiger partial charge in [0.25, 0.3) is 0 Å². The Balaban J connectivity index is 4.91. The molecule has 0 aromatic heterocycles. The van der Waals surface area contributed by atoms with Gasteiger partial charge < -0.3 is 10.5 Å². The molecule has 0 saturated heterocycles. The number of hydrogen-bond donors (Lipinski definition) is 1. The molecule has 0 saturated carbocycles. The molecule has 10 heteroatoms. The van der Waals surface area contributed by atoms with Crippen LogP contribution in [-0.2, 0) is 9.53 Å². The molecule has 3 nitrogen and oxygen atoms in total. The van der Waals surface area contributed by atoms with Crippen LogP contribution < -0.4 is 5.73 Å². The molecule has 0 aromatic rings. The highest BCUT2D eigenvalue weighted by Gasteiger charge is 2.73. The molecular weight excluding hydrogens is 275 g/mol. The van der Waals surface area contributed by atoms with E-state index in [2.05, 4.69) is 4.74 Å². The van der Waals surface area contributed by atoms with Gasteiger partial charge in [0, 0.05) is 6.42 Å². The van der Waals surface area contributed by atoms with E-state index in [-0.39, 0.29) is 6.61 Å². The van der Waals surface area contributed by atoms with E-state index in [4.69, 9.17) is 5.73 Å². The lowest BCUT2D eigenvalue weighted by Gasteiger charge is -2.29. The quantitative estimate of drug-likeness (QED) is 0.621. The molecule has 1 atom stereocenters. The SMILES string of the molecule is CCOC(=O)C(N)CC(F)(F)C(F)(F)C(F)(F)F. The van der Waals surface area contributed by atoms with Gasteiger partial charge in [-0.3, -0.25) is 4.79 Å². The van der Waals surface area contributed by atoms with Crippen molar-refractivity contribution < 1.29 is 40.3 Å². The highest BCUT2D eigenvalue weighted by molar-refractivity contribution is 5.75. The molecule has 0 bridgehead atoms. The molecular formula is C8H10F7NO2. The van der Waals surface area contributed by atoms with Crippen LogP contribution in [0.15, 0.2) is 0 Å². The highest BCUT2D eigenvalue weighted by atomic mass is 19.4. The molecule has 108 valence electrons. The maximum atomic E-state index is 12.8. The van der Waals surface area contributed by atoms with Crippen LogP contribution in [-0.4, -0.2) is 36.6 Å². The van der Waals surface area contributed by atoms with Crippen molar-refractivity contribution in [2.75, 3.05) is 6.61 Å². The molecule has 0 amide bonds. The summed E-state index contributed by atoms with van der Waals surface area (Å²) >= 11 is 0. The van der Waals surface area contributed by atoms with Crippen molar-refractivity contribution >= 4 is 5.97 Å². The monoisotopic (exact) mass is 285 g/mol. The summed E-state index contributed by atoms with van der Waals surface area (Å²) in [5.74, 6) is -13.3. The van der Waals surface area contributed by atoms with Gasteiger partial charge in [-0.1, -0.05) is 0 Å². The minimum atomic E-state index is -6.44. The van der Waals surface area contributed by atoms with Gasteiger partial charge in [-0.25, -0.2) is 0 Å². The Morgan fingerprint density at radius 3 is 1.94 bits per heavy atom. The van der Waals surface area contributed by atoms with E-state index in [0.717, 1.165) is 0 Å². The number of ether oxygens (including phenoxy) is 1. The summed E-state index contributed by atoms with van der Waals surface area (Å²) in [4.78, 5) is 10.8. The minimum Gasteiger partial charge on any atom is -0.465 e. The van der Waals surface area contributed by atoms with Gasteiger partial charge in [0.1, 0.15) is 6.04 Å². The van der Waals surface area contributed by atoms with Gasteiger partial charge in [0.15, 0.2) is 0 Å². The van der Waals surface area contributed by atoms with Crippen molar-refractivity contribution in [3.63, 3.8) is 0 Å². The maximum absolute atomic E-state index is 12.8. The van der Waals surface area contributed by atoms with E-state index >= 15 is 0 Å². The van der Waals surface area contributed by atoms with E-state index in [9.17, 15) is 35.5 Å². The van der Waals surface area contributed by atoms with Crippen LogP contribution in [0.3, 0.4) is 0 Å². The Morgan fingerprint density at radius 1 is 1.17 bits per heavy atom. The molecule has 1 unspecified atom stereocenters. The van der Waals surface area contributed by atoms with Gasteiger partial charge in [-0.15, -0.1) is 0 Å². The van der Waals surface area contributed by atoms with Gasteiger partial charge in [-0.2, -0.15) is 30.7 Å². The number of hydrogen-bond acceptors (Lipinski definition) is 3. The fourth-order valence-corrected chi connectivity index (χ4v) is 0.944. The Kier molecular flexibility index (Phi) is 4.98. The number of carbonyl (C=O) groups is 1. The first kappa shape index (κ1) is 16.9. The van der Waals surface area contributed by atoms with Crippen LogP contribution in [0.2, 0.25) is 0 Å². The highest BCUT2D eigenvalue weighted by Crippen LogP contribution is 2.48. The topological polar surface area (TPSA) is 52.3 Å². The summed E-state index contributed by atoms with van der Waals surface area (Å²) in [7, 11) is 0. The lowest BCUT2D eigenvalue weighted by atomic mass is 10.0. The first-order valence-electron chi connectivity index (χ1n) is 4.61. The van der Waals surface area contributed by atoms with Crippen molar-refractivity contribution in [3.05, 3.63) is 0 Å². The smallest absolute Gasteiger partial charge is 0.459 e. The zero-order valence-electron chi connectivity index (χ0n) is 9.03. The number of nitrogens with two attached hydrogens (primary N) is 1.